The van der Waals surface area contributed by atoms with E-state index in [1.54, 1.807) is 0 Å². The molecule has 0 aliphatic carbocycles. The molecule has 2 aliphatic heterocycles. The first-order valence-electron chi connectivity index (χ1n) is 6.79. The average Bonchev–Trinajstić information content (AvgIpc) is 2.38. The maximum atomic E-state index is 14.0. The Hall–Kier alpha value is -1.44. The monoisotopic (exact) mass is 260 g/mol. The molecular weight excluding hydrogens is 243 g/mol. The quantitative estimate of drug-likeness (QED) is 0.813. The van der Waals surface area contributed by atoms with Gasteiger partial charge in [0.2, 0.25) is 0 Å². The molecule has 2 bridgehead atoms. The van der Waals surface area contributed by atoms with Crippen LogP contribution in [0.3, 0.4) is 0 Å². The minimum absolute atomic E-state index is 0.252. The third kappa shape index (κ3) is 2.24. The number of nitriles is 1. The highest BCUT2D eigenvalue weighted by molar-refractivity contribution is 5.37. The van der Waals surface area contributed by atoms with Crippen molar-refractivity contribution in [1.29, 1.82) is 5.26 Å². The second-order valence-corrected chi connectivity index (χ2v) is 5.74. The summed E-state index contributed by atoms with van der Waals surface area (Å²) in [5.41, 5.74) is -0.462. The van der Waals surface area contributed by atoms with Crippen LogP contribution in [-0.2, 0) is 5.60 Å². The molecule has 2 unspecified atom stereocenters. The van der Waals surface area contributed by atoms with Gasteiger partial charge in [0.25, 0.3) is 0 Å². The molecule has 19 heavy (non-hydrogen) atoms. The Bertz CT molecular complexity index is 525. The van der Waals surface area contributed by atoms with E-state index in [0.29, 0.717) is 18.4 Å². The fourth-order valence-electron chi connectivity index (χ4n) is 3.50. The molecule has 0 amide bonds. The lowest BCUT2D eigenvalue weighted by Crippen LogP contribution is -2.54. The van der Waals surface area contributed by atoms with Gasteiger partial charge in [0.15, 0.2) is 0 Å². The number of benzene rings is 1. The normalized spacial score (nSPS) is 33.7. The molecule has 2 atom stereocenters. The number of fused-ring (bicyclic) bond motifs is 2. The van der Waals surface area contributed by atoms with Crippen LogP contribution in [0.4, 0.5) is 4.39 Å². The van der Waals surface area contributed by atoms with E-state index in [4.69, 9.17) is 5.26 Å². The van der Waals surface area contributed by atoms with Crippen LogP contribution >= 0.6 is 0 Å². The molecule has 4 heteroatoms. The highest BCUT2D eigenvalue weighted by Gasteiger charge is 2.43. The van der Waals surface area contributed by atoms with E-state index in [2.05, 4.69) is 5.32 Å². The average molecular weight is 260 g/mol. The van der Waals surface area contributed by atoms with Crippen molar-refractivity contribution in [2.75, 3.05) is 0 Å². The van der Waals surface area contributed by atoms with Crippen molar-refractivity contribution in [3.05, 3.63) is 35.1 Å². The summed E-state index contributed by atoms with van der Waals surface area (Å²) in [6, 6.07) is 6.74. The van der Waals surface area contributed by atoms with Crippen molar-refractivity contribution in [2.24, 2.45) is 0 Å². The Kier molecular flexibility index (Phi) is 3.04. The SMILES string of the molecule is N#Cc1ccc(F)c(C2(O)CC3CCCC(C2)N3)c1. The molecule has 3 nitrogen and oxygen atoms in total. The van der Waals surface area contributed by atoms with Gasteiger partial charge in [-0.3, -0.25) is 0 Å². The van der Waals surface area contributed by atoms with Gasteiger partial charge in [-0.05, 0) is 43.9 Å². The van der Waals surface area contributed by atoms with E-state index in [0.717, 1.165) is 12.8 Å². The molecule has 100 valence electrons. The van der Waals surface area contributed by atoms with Crippen LogP contribution < -0.4 is 5.32 Å². The summed E-state index contributed by atoms with van der Waals surface area (Å²) in [5, 5.41) is 23.3. The maximum Gasteiger partial charge on any atom is 0.129 e. The van der Waals surface area contributed by atoms with E-state index < -0.39 is 11.4 Å². The van der Waals surface area contributed by atoms with Crippen LogP contribution in [0, 0.1) is 17.1 Å². The van der Waals surface area contributed by atoms with Crippen LogP contribution in [0.15, 0.2) is 18.2 Å². The third-order valence-electron chi connectivity index (χ3n) is 4.34. The van der Waals surface area contributed by atoms with Crippen LogP contribution in [0.2, 0.25) is 0 Å². The van der Waals surface area contributed by atoms with Crippen molar-refractivity contribution < 1.29 is 9.50 Å². The van der Waals surface area contributed by atoms with E-state index >= 15 is 0 Å². The highest BCUT2D eigenvalue weighted by atomic mass is 19.1. The van der Waals surface area contributed by atoms with Crippen LogP contribution in [0.1, 0.15) is 43.2 Å². The molecule has 0 radical (unpaired) electrons. The minimum atomic E-state index is -1.14. The number of rotatable bonds is 1. The molecule has 2 aliphatic rings. The fraction of sp³-hybridized carbons (Fsp3) is 0.533. The standard InChI is InChI=1S/C15H17FN2O/c16-14-5-4-10(9-17)6-13(14)15(19)7-11-2-1-3-12(8-15)18-11/h4-6,11-12,18-19H,1-3,7-8H2. The largest absolute Gasteiger partial charge is 0.385 e. The van der Waals surface area contributed by atoms with Crippen LogP contribution in [-0.4, -0.2) is 17.2 Å². The highest BCUT2D eigenvalue weighted by Crippen LogP contribution is 2.40. The van der Waals surface area contributed by atoms with E-state index in [9.17, 15) is 9.50 Å². The van der Waals surface area contributed by atoms with Gasteiger partial charge in [-0.1, -0.05) is 6.42 Å². The van der Waals surface area contributed by atoms with Gasteiger partial charge in [0, 0.05) is 17.6 Å². The molecular formula is C15H17FN2O. The molecule has 0 aromatic heterocycles. The molecule has 2 heterocycles. The number of nitrogens with zero attached hydrogens (tertiary/aromatic N) is 1. The molecule has 2 fully saturated rings. The lowest BCUT2D eigenvalue weighted by Gasteiger charge is -2.45. The predicted molar refractivity (Wildman–Crippen MR) is 68.8 cm³/mol. The number of piperidine rings is 2. The zero-order valence-electron chi connectivity index (χ0n) is 10.7. The van der Waals surface area contributed by atoms with Gasteiger partial charge >= 0.3 is 0 Å². The van der Waals surface area contributed by atoms with Crippen molar-refractivity contribution >= 4 is 0 Å². The van der Waals surface area contributed by atoms with Gasteiger partial charge < -0.3 is 10.4 Å². The Balaban J connectivity index is 1.98. The molecule has 1 aromatic rings. The lowest BCUT2D eigenvalue weighted by atomic mass is 9.73. The summed E-state index contributed by atoms with van der Waals surface area (Å²) in [7, 11) is 0. The van der Waals surface area contributed by atoms with Crippen LogP contribution in [0.5, 0.6) is 0 Å². The Morgan fingerprint density at radius 1 is 1.32 bits per heavy atom. The van der Waals surface area contributed by atoms with Gasteiger partial charge in [-0.2, -0.15) is 5.26 Å². The fourth-order valence-corrected chi connectivity index (χ4v) is 3.50. The maximum absolute atomic E-state index is 14.0. The Labute approximate surface area is 112 Å². The first-order valence-corrected chi connectivity index (χ1v) is 6.79. The molecule has 2 N–H and O–H groups in total. The molecule has 1 aromatic carbocycles. The van der Waals surface area contributed by atoms with E-state index in [1.165, 1.54) is 24.6 Å². The second-order valence-electron chi connectivity index (χ2n) is 5.74. The second kappa shape index (κ2) is 4.59. The summed E-state index contributed by atoms with van der Waals surface area (Å²) in [4.78, 5) is 0. The van der Waals surface area contributed by atoms with Gasteiger partial charge in [0.05, 0.1) is 17.2 Å². The first-order chi connectivity index (χ1) is 9.10. The Morgan fingerprint density at radius 2 is 2.00 bits per heavy atom. The van der Waals surface area contributed by atoms with Gasteiger partial charge in [-0.15, -0.1) is 0 Å². The number of halogens is 1. The third-order valence-corrected chi connectivity index (χ3v) is 4.34. The zero-order chi connectivity index (χ0) is 13.5. The van der Waals surface area contributed by atoms with Gasteiger partial charge in [0.1, 0.15) is 5.82 Å². The molecule has 2 saturated heterocycles. The summed E-state index contributed by atoms with van der Waals surface area (Å²) in [5.74, 6) is -0.415. The smallest absolute Gasteiger partial charge is 0.129 e. The van der Waals surface area contributed by atoms with Crippen molar-refractivity contribution in [2.45, 2.75) is 49.8 Å². The van der Waals surface area contributed by atoms with E-state index in [1.807, 2.05) is 6.07 Å². The topological polar surface area (TPSA) is 56.0 Å². The van der Waals surface area contributed by atoms with Crippen molar-refractivity contribution in [3.8, 4) is 6.07 Å². The summed E-state index contributed by atoms with van der Waals surface area (Å²) < 4.78 is 14.0. The van der Waals surface area contributed by atoms with E-state index in [-0.39, 0.29) is 17.6 Å². The number of hydrogen-bond donors (Lipinski definition) is 2. The number of hydrogen-bond acceptors (Lipinski definition) is 3. The predicted octanol–water partition coefficient (Wildman–Crippen LogP) is 2.19. The minimum Gasteiger partial charge on any atom is -0.385 e. The first kappa shape index (κ1) is 12.6. The van der Waals surface area contributed by atoms with Gasteiger partial charge in [-0.25, -0.2) is 4.39 Å². The zero-order valence-corrected chi connectivity index (χ0v) is 10.7. The summed E-state index contributed by atoms with van der Waals surface area (Å²) >= 11 is 0. The lowest BCUT2D eigenvalue weighted by molar-refractivity contribution is -0.0383. The van der Waals surface area contributed by atoms with Crippen molar-refractivity contribution in [1.82, 2.24) is 5.32 Å². The summed E-state index contributed by atoms with van der Waals surface area (Å²) in [6.07, 6.45) is 4.26. The molecule has 3 rings (SSSR count). The number of nitrogens with one attached hydrogen (secondary N) is 1. The number of aliphatic hydroxyl groups is 1. The molecule has 0 saturated carbocycles. The Morgan fingerprint density at radius 3 is 2.63 bits per heavy atom. The van der Waals surface area contributed by atoms with Crippen molar-refractivity contribution in [3.63, 3.8) is 0 Å². The van der Waals surface area contributed by atoms with Crippen LogP contribution in [0.25, 0.3) is 0 Å². The molecule has 0 spiro atoms. The summed E-state index contributed by atoms with van der Waals surface area (Å²) in [6.45, 7) is 0.